The molecule has 1 aromatic heterocycles. The number of hydrogen-bond acceptors (Lipinski definition) is 2. The molecule has 0 spiro atoms. The van der Waals surface area contributed by atoms with Crippen LogP contribution in [0.2, 0.25) is 5.02 Å². The first kappa shape index (κ1) is 14.7. The van der Waals surface area contributed by atoms with Crippen molar-refractivity contribution in [1.29, 1.82) is 0 Å². The minimum atomic E-state index is 0.716. The van der Waals surface area contributed by atoms with E-state index in [1.807, 2.05) is 48.7 Å². The fraction of sp³-hybridized carbons (Fsp3) is 0.167. The summed E-state index contributed by atoms with van der Waals surface area (Å²) in [7, 11) is 1.69. The molecule has 0 amide bonds. The third-order valence-corrected chi connectivity index (χ3v) is 3.93. The molecule has 3 nitrogen and oxygen atoms in total. The van der Waals surface area contributed by atoms with Gasteiger partial charge < -0.3 is 9.30 Å². The fourth-order valence-electron chi connectivity index (χ4n) is 2.49. The monoisotopic (exact) mass is 312 g/mol. The van der Waals surface area contributed by atoms with Gasteiger partial charge in [0.15, 0.2) is 0 Å². The second kappa shape index (κ2) is 6.24. The molecule has 0 aliphatic heterocycles. The molecule has 0 N–H and O–H groups in total. The molecule has 0 bridgehead atoms. The van der Waals surface area contributed by atoms with Crippen LogP contribution in [0.3, 0.4) is 0 Å². The van der Waals surface area contributed by atoms with E-state index in [-0.39, 0.29) is 0 Å². The molecule has 112 valence electrons. The van der Waals surface area contributed by atoms with E-state index in [0.29, 0.717) is 6.54 Å². The average molecular weight is 313 g/mol. The van der Waals surface area contributed by atoms with E-state index in [1.165, 1.54) is 0 Å². The van der Waals surface area contributed by atoms with E-state index in [4.69, 9.17) is 16.3 Å². The zero-order valence-corrected chi connectivity index (χ0v) is 13.3. The first-order chi connectivity index (χ1) is 10.7. The van der Waals surface area contributed by atoms with Crippen LogP contribution in [-0.2, 0) is 6.54 Å². The van der Waals surface area contributed by atoms with Gasteiger partial charge in [-0.1, -0.05) is 29.8 Å². The minimum absolute atomic E-state index is 0.716. The number of hydrogen-bond donors (Lipinski definition) is 0. The number of nitrogens with zero attached hydrogens (tertiary/aromatic N) is 2. The lowest BCUT2D eigenvalue weighted by Crippen LogP contribution is -2.05. The van der Waals surface area contributed by atoms with Crippen LogP contribution in [0.15, 0.2) is 54.7 Å². The maximum absolute atomic E-state index is 5.97. The van der Waals surface area contributed by atoms with Crippen molar-refractivity contribution in [1.82, 2.24) is 9.55 Å². The van der Waals surface area contributed by atoms with Crippen LogP contribution in [-0.4, -0.2) is 16.7 Å². The number of ether oxygens (including phenoxy) is 1. The summed E-state index contributed by atoms with van der Waals surface area (Å²) in [5, 5.41) is 0.725. The number of aryl methyl sites for hydroxylation is 1. The predicted molar refractivity (Wildman–Crippen MR) is 89.5 cm³/mol. The van der Waals surface area contributed by atoms with E-state index in [1.54, 1.807) is 7.11 Å². The Morgan fingerprint density at radius 1 is 1.09 bits per heavy atom. The molecule has 0 unspecified atom stereocenters. The van der Waals surface area contributed by atoms with Crippen molar-refractivity contribution in [3.8, 4) is 17.1 Å². The van der Waals surface area contributed by atoms with Crippen molar-refractivity contribution in [3.63, 3.8) is 0 Å². The van der Waals surface area contributed by atoms with E-state index in [0.717, 1.165) is 33.4 Å². The van der Waals surface area contributed by atoms with Gasteiger partial charge >= 0.3 is 0 Å². The molecule has 0 atom stereocenters. The van der Waals surface area contributed by atoms with Gasteiger partial charge in [0.2, 0.25) is 0 Å². The molecule has 1 heterocycles. The number of rotatable bonds is 4. The quantitative estimate of drug-likeness (QED) is 0.705. The second-order valence-corrected chi connectivity index (χ2v) is 5.56. The highest BCUT2D eigenvalue weighted by molar-refractivity contribution is 6.30. The Morgan fingerprint density at radius 3 is 2.55 bits per heavy atom. The fourth-order valence-corrected chi connectivity index (χ4v) is 2.62. The zero-order chi connectivity index (χ0) is 15.5. The highest BCUT2D eigenvalue weighted by Gasteiger charge is 2.11. The number of aromatic nitrogens is 2. The lowest BCUT2D eigenvalue weighted by molar-refractivity contribution is 0.408. The summed E-state index contributed by atoms with van der Waals surface area (Å²) in [4.78, 5) is 4.55. The van der Waals surface area contributed by atoms with Crippen molar-refractivity contribution >= 4 is 11.6 Å². The van der Waals surface area contributed by atoms with Crippen LogP contribution in [0, 0.1) is 6.92 Å². The highest BCUT2D eigenvalue weighted by Crippen LogP contribution is 2.25. The molecule has 22 heavy (non-hydrogen) atoms. The summed E-state index contributed by atoms with van der Waals surface area (Å²) in [6, 6.07) is 15.8. The van der Waals surface area contributed by atoms with Gasteiger partial charge in [-0.3, -0.25) is 0 Å². The molecule has 0 saturated heterocycles. The Morgan fingerprint density at radius 2 is 1.82 bits per heavy atom. The number of para-hydroxylation sites is 1. The Labute approximate surface area is 135 Å². The highest BCUT2D eigenvalue weighted by atomic mass is 35.5. The molecule has 4 heteroatoms. The first-order valence-electron chi connectivity index (χ1n) is 7.09. The van der Waals surface area contributed by atoms with Crippen molar-refractivity contribution in [2.75, 3.05) is 7.11 Å². The van der Waals surface area contributed by atoms with Crippen molar-refractivity contribution in [2.24, 2.45) is 0 Å². The van der Waals surface area contributed by atoms with E-state index in [9.17, 15) is 0 Å². The third kappa shape index (κ3) is 2.85. The standard InChI is InChI=1S/C18H17ClN2O/c1-13-11-20-18(14-7-9-16(19)10-8-14)21(13)12-15-5-3-4-6-17(15)22-2/h3-11H,12H2,1-2H3. The van der Waals surface area contributed by atoms with Crippen molar-refractivity contribution in [3.05, 3.63) is 71.0 Å². The summed E-state index contributed by atoms with van der Waals surface area (Å²) in [6.07, 6.45) is 1.89. The van der Waals surface area contributed by atoms with Crippen LogP contribution < -0.4 is 4.74 Å². The largest absolute Gasteiger partial charge is 0.496 e. The molecule has 0 saturated carbocycles. The van der Waals surface area contributed by atoms with E-state index in [2.05, 4.69) is 22.5 Å². The average Bonchev–Trinajstić information content (AvgIpc) is 2.90. The Hall–Kier alpha value is -2.26. The van der Waals surface area contributed by atoms with E-state index >= 15 is 0 Å². The molecule has 0 aliphatic carbocycles. The SMILES string of the molecule is COc1ccccc1Cn1c(C)cnc1-c1ccc(Cl)cc1. The van der Waals surface area contributed by atoms with Crippen LogP contribution >= 0.6 is 11.6 Å². The van der Waals surface area contributed by atoms with Gasteiger partial charge in [0.05, 0.1) is 13.7 Å². The van der Waals surface area contributed by atoms with Gasteiger partial charge in [-0.25, -0.2) is 4.98 Å². The summed E-state index contributed by atoms with van der Waals surface area (Å²) in [5.41, 5.74) is 3.28. The molecule has 3 rings (SSSR count). The van der Waals surface area contributed by atoms with Crippen LogP contribution in [0.4, 0.5) is 0 Å². The first-order valence-corrected chi connectivity index (χ1v) is 7.47. The number of methoxy groups -OCH3 is 1. The number of halogens is 1. The molecular weight excluding hydrogens is 296 g/mol. The summed E-state index contributed by atoms with van der Waals surface area (Å²) >= 11 is 5.97. The predicted octanol–water partition coefficient (Wildman–Crippen LogP) is 4.57. The smallest absolute Gasteiger partial charge is 0.140 e. The Balaban J connectivity index is 2.01. The maximum atomic E-state index is 5.97. The van der Waals surface area contributed by atoms with Gasteiger partial charge in [0, 0.05) is 28.0 Å². The maximum Gasteiger partial charge on any atom is 0.140 e. The molecular formula is C18H17ClN2O. The topological polar surface area (TPSA) is 27.1 Å². The lowest BCUT2D eigenvalue weighted by atomic mass is 10.1. The third-order valence-electron chi connectivity index (χ3n) is 3.68. The summed E-state index contributed by atoms with van der Waals surface area (Å²) in [5.74, 6) is 1.82. The van der Waals surface area contributed by atoms with Gasteiger partial charge in [-0.2, -0.15) is 0 Å². The molecule has 0 fully saturated rings. The van der Waals surface area contributed by atoms with Gasteiger partial charge in [-0.15, -0.1) is 0 Å². The number of benzene rings is 2. The van der Waals surface area contributed by atoms with Gasteiger partial charge in [0.25, 0.3) is 0 Å². The van der Waals surface area contributed by atoms with E-state index < -0.39 is 0 Å². The molecule has 0 radical (unpaired) electrons. The van der Waals surface area contributed by atoms with Crippen LogP contribution in [0.1, 0.15) is 11.3 Å². The summed E-state index contributed by atoms with van der Waals surface area (Å²) < 4.78 is 7.63. The normalized spacial score (nSPS) is 10.7. The van der Waals surface area contributed by atoms with Crippen LogP contribution in [0.25, 0.3) is 11.4 Å². The summed E-state index contributed by atoms with van der Waals surface area (Å²) in [6.45, 7) is 2.77. The Kier molecular flexibility index (Phi) is 4.16. The van der Waals surface area contributed by atoms with Crippen LogP contribution in [0.5, 0.6) is 5.75 Å². The molecule has 0 aliphatic rings. The minimum Gasteiger partial charge on any atom is -0.496 e. The zero-order valence-electron chi connectivity index (χ0n) is 12.6. The van der Waals surface area contributed by atoms with Crippen molar-refractivity contribution in [2.45, 2.75) is 13.5 Å². The molecule has 2 aromatic carbocycles. The second-order valence-electron chi connectivity index (χ2n) is 5.13. The number of imidazole rings is 1. The van der Waals surface area contributed by atoms with Gasteiger partial charge in [0.1, 0.15) is 11.6 Å². The molecule has 3 aromatic rings. The Bertz CT molecular complexity index is 778. The van der Waals surface area contributed by atoms with Crippen molar-refractivity contribution < 1.29 is 4.74 Å². The van der Waals surface area contributed by atoms with Gasteiger partial charge in [-0.05, 0) is 37.3 Å². The lowest BCUT2D eigenvalue weighted by Gasteiger charge is -2.13.